The minimum Gasteiger partial charge on any atom is -0.378 e. The molecule has 2 saturated heterocycles. The van der Waals surface area contributed by atoms with Crippen LogP contribution < -0.4 is 10.2 Å². The number of carbonyl (C=O) groups excluding carboxylic acids is 1. The van der Waals surface area contributed by atoms with Gasteiger partial charge in [0.05, 0.1) is 37.3 Å². The van der Waals surface area contributed by atoms with Crippen molar-refractivity contribution in [1.29, 1.82) is 0 Å². The van der Waals surface area contributed by atoms with E-state index in [1.54, 1.807) is 13.0 Å². The highest BCUT2D eigenvalue weighted by Gasteiger charge is 2.21. The number of anilines is 2. The largest absolute Gasteiger partial charge is 0.378 e. The van der Waals surface area contributed by atoms with Crippen molar-refractivity contribution in [3.05, 3.63) is 23.2 Å². The van der Waals surface area contributed by atoms with Crippen molar-refractivity contribution < 1.29 is 19.0 Å². The molecular weight excluding hydrogens is 356 g/mol. The SMILES string of the molecule is CC(OCC1CCCCO1)C(=O)Nc1cc(Cl)ccc1N1CCOCC1. The number of hydrogen-bond acceptors (Lipinski definition) is 5. The summed E-state index contributed by atoms with van der Waals surface area (Å²) in [5.41, 5.74) is 1.66. The number of hydrogen-bond donors (Lipinski definition) is 1. The standard InChI is InChI=1S/C19H27ClN2O4/c1-14(26-13-16-4-2-3-9-25-16)19(23)21-17-12-15(20)5-6-18(17)22-7-10-24-11-8-22/h5-6,12,14,16H,2-4,7-11,13H2,1H3,(H,21,23). The van der Waals surface area contributed by atoms with E-state index in [0.29, 0.717) is 30.5 Å². The third kappa shape index (κ3) is 5.33. The van der Waals surface area contributed by atoms with Crippen molar-refractivity contribution >= 4 is 28.9 Å². The molecule has 0 aliphatic carbocycles. The molecule has 2 heterocycles. The second kappa shape index (κ2) is 9.55. The first-order valence-corrected chi connectivity index (χ1v) is 9.67. The Bertz CT molecular complexity index is 601. The Balaban J connectivity index is 1.59. The summed E-state index contributed by atoms with van der Waals surface area (Å²) in [7, 11) is 0. The van der Waals surface area contributed by atoms with Crippen molar-refractivity contribution in [1.82, 2.24) is 0 Å². The molecule has 2 fully saturated rings. The first kappa shape index (κ1) is 19.4. The number of halogens is 1. The Morgan fingerprint density at radius 1 is 1.35 bits per heavy atom. The lowest BCUT2D eigenvalue weighted by atomic mass is 10.1. The quantitative estimate of drug-likeness (QED) is 0.819. The van der Waals surface area contributed by atoms with Gasteiger partial charge >= 0.3 is 0 Å². The second-order valence-corrected chi connectivity index (χ2v) is 7.15. The molecule has 144 valence electrons. The molecule has 2 aliphatic heterocycles. The van der Waals surface area contributed by atoms with Gasteiger partial charge in [-0.05, 0) is 44.4 Å². The molecule has 2 atom stereocenters. The van der Waals surface area contributed by atoms with Gasteiger partial charge in [0.1, 0.15) is 6.10 Å². The molecule has 1 N–H and O–H groups in total. The molecular formula is C19H27ClN2O4. The third-order valence-corrected chi connectivity index (χ3v) is 4.98. The van der Waals surface area contributed by atoms with Crippen LogP contribution in [-0.2, 0) is 19.0 Å². The van der Waals surface area contributed by atoms with Crippen LogP contribution in [0.15, 0.2) is 18.2 Å². The Hall–Kier alpha value is -1.34. The number of nitrogens with one attached hydrogen (secondary N) is 1. The smallest absolute Gasteiger partial charge is 0.253 e. The summed E-state index contributed by atoms with van der Waals surface area (Å²) in [4.78, 5) is 14.8. The van der Waals surface area contributed by atoms with Crippen LogP contribution in [0.5, 0.6) is 0 Å². The van der Waals surface area contributed by atoms with Crippen LogP contribution in [0.2, 0.25) is 5.02 Å². The Kier molecular flexibility index (Phi) is 7.14. The van der Waals surface area contributed by atoms with Crippen LogP contribution >= 0.6 is 11.6 Å². The molecule has 0 radical (unpaired) electrons. The highest BCUT2D eigenvalue weighted by molar-refractivity contribution is 6.31. The van der Waals surface area contributed by atoms with E-state index in [-0.39, 0.29) is 12.0 Å². The summed E-state index contributed by atoms with van der Waals surface area (Å²) in [6.45, 7) is 5.91. The minimum atomic E-state index is -0.558. The fraction of sp³-hybridized carbons (Fsp3) is 0.632. The van der Waals surface area contributed by atoms with E-state index in [9.17, 15) is 4.79 Å². The van der Waals surface area contributed by atoms with Crippen molar-refractivity contribution in [2.45, 2.75) is 38.4 Å². The van der Waals surface area contributed by atoms with Gasteiger partial charge in [0, 0.05) is 24.7 Å². The van der Waals surface area contributed by atoms with Gasteiger partial charge in [0.25, 0.3) is 5.91 Å². The van der Waals surface area contributed by atoms with Gasteiger partial charge < -0.3 is 24.4 Å². The Morgan fingerprint density at radius 2 is 2.15 bits per heavy atom. The van der Waals surface area contributed by atoms with Gasteiger partial charge in [-0.1, -0.05) is 11.6 Å². The normalized spacial score (nSPS) is 22.1. The predicted molar refractivity (Wildman–Crippen MR) is 102 cm³/mol. The lowest BCUT2D eigenvalue weighted by Gasteiger charge is -2.31. The fourth-order valence-corrected chi connectivity index (χ4v) is 3.36. The average molecular weight is 383 g/mol. The van der Waals surface area contributed by atoms with E-state index in [1.807, 2.05) is 12.1 Å². The zero-order valence-electron chi connectivity index (χ0n) is 15.2. The molecule has 0 saturated carbocycles. The lowest BCUT2D eigenvalue weighted by molar-refractivity contribution is -0.130. The minimum absolute atomic E-state index is 0.0917. The van der Waals surface area contributed by atoms with Crippen LogP contribution in [0.4, 0.5) is 11.4 Å². The van der Waals surface area contributed by atoms with Crippen LogP contribution in [0, 0.1) is 0 Å². The van der Waals surface area contributed by atoms with E-state index >= 15 is 0 Å². The zero-order valence-corrected chi connectivity index (χ0v) is 16.0. The maximum absolute atomic E-state index is 12.6. The maximum atomic E-state index is 12.6. The van der Waals surface area contributed by atoms with Crippen LogP contribution in [0.3, 0.4) is 0 Å². The van der Waals surface area contributed by atoms with E-state index < -0.39 is 6.10 Å². The molecule has 0 aromatic heterocycles. The molecule has 1 aromatic rings. The number of morpholine rings is 1. The van der Waals surface area contributed by atoms with E-state index in [2.05, 4.69) is 10.2 Å². The summed E-state index contributed by atoms with van der Waals surface area (Å²) < 4.78 is 16.8. The molecule has 1 amide bonds. The Morgan fingerprint density at radius 3 is 2.88 bits per heavy atom. The van der Waals surface area contributed by atoms with Gasteiger partial charge in [-0.3, -0.25) is 4.79 Å². The monoisotopic (exact) mass is 382 g/mol. The predicted octanol–water partition coefficient (Wildman–Crippen LogP) is 3.09. The van der Waals surface area contributed by atoms with E-state index in [1.165, 1.54) is 0 Å². The number of benzene rings is 1. The maximum Gasteiger partial charge on any atom is 0.253 e. The number of rotatable bonds is 6. The number of amides is 1. The van der Waals surface area contributed by atoms with Gasteiger partial charge in [-0.2, -0.15) is 0 Å². The number of carbonyl (C=O) groups is 1. The van der Waals surface area contributed by atoms with Crippen LogP contribution in [0.25, 0.3) is 0 Å². The number of ether oxygens (including phenoxy) is 3. The summed E-state index contributed by atoms with van der Waals surface area (Å²) >= 11 is 6.14. The molecule has 7 heteroatoms. The molecule has 3 rings (SSSR count). The average Bonchev–Trinajstić information content (AvgIpc) is 2.67. The molecule has 26 heavy (non-hydrogen) atoms. The van der Waals surface area contributed by atoms with E-state index in [4.69, 9.17) is 25.8 Å². The van der Waals surface area contributed by atoms with Gasteiger partial charge in [0.15, 0.2) is 0 Å². The third-order valence-electron chi connectivity index (χ3n) is 4.74. The van der Waals surface area contributed by atoms with Crippen molar-refractivity contribution in [2.24, 2.45) is 0 Å². The van der Waals surface area contributed by atoms with Gasteiger partial charge in [0.2, 0.25) is 0 Å². The molecule has 1 aromatic carbocycles. The summed E-state index contributed by atoms with van der Waals surface area (Å²) in [6.07, 6.45) is 2.78. The summed E-state index contributed by atoms with van der Waals surface area (Å²) in [5.74, 6) is -0.183. The van der Waals surface area contributed by atoms with Crippen molar-refractivity contribution in [2.75, 3.05) is 49.7 Å². The van der Waals surface area contributed by atoms with Crippen molar-refractivity contribution in [3.8, 4) is 0 Å². The van der Waals surface area contributed by atoms with Crippen LogP contribution in [-0.4, -0.2) is 57.6 Å². The second-order valence-electron chi connectivity index (χ2n) is 6.71. The number of nitrogens with zero attached hydrogens (tertiary/aromatic N) is 1. The molecule has 2 aliphatic rings. The van der Waals surface area contributed by atoms with Gasteiger partial charge in [-0.15, -0.1) is 0 Å². The molecule has 2 unspecified atom stereocenters. The highest BCUT2D eigenvalue weighted by atomic mass is 35.5. The molecule has 6 nitrogen and oxygen atoms in total. The topological polar surface area (TPSA) is 60.0 Å². The Labute approximate surface area is 159 Å². The first-order valence-electron chi connectivity index (χ1n) is 9.30. The molecule has 0 bridgehead atoms. The first-order chi connectivity index (χ1) is 12.6. The fourth-order valence-electron chi connectivity index (χ4n) is 3.19. The zero-order chi connectivity index (χ0) is 18.4. The van der Waals surface area contributed by atoms with E-state index in [0.717, 1.165) is 44.6 Å². The summed E-state index contributed by atoms with van der Waals surface area (Å²) in [6, 6.07) is 5.55. The molecule has 0 spiro atoms. The van der Waals surface area contributed by atoms with Crippen molar-refractivity contribution in [3.63, 3.8) is 0 Å². The van der Waals surface area contributed by atoms with Crippen LogP contribution in [0.1, 0.15) is 26.2 Å². The highest BCUT2D eigenvalue weighted by Crippen LogP contribution is 2.30. The lowest BCUT2D eigenvalue weighted by Crippen LogP contribution is -2.37. The van der Waals surface area contributed by atoms with Gasteiger partial charge in [-0.25, -0.2) is 0 Å². The summed E-state index contributed by atoms with van der Waals surface area (Å²) in [5, 5.41) is 3.55.